The fourth-order valence-corrected chi connectivity index (χ4v) is 1.98. The summed E-state index contributed by atoms with van der Waals surface area (Å²) in [5, 5.41) is 0. The maximum absolute atomic E-state index is 11.7. The Bertz CT molecular complexity index is 419. The Hall–Kier alpha value is -1.61. The maximum atomic E-state index is 11.7. The van der Waals surface area contributed by atoms with Crippen LogP contribution < -0.4 is 4.74 Å². The minimum absolute atomic E-state index is 0.199. The van der Waals surface area contributed by atoms with Crippen molar-refractivity contribution in [3.8, 4) is 5.75 Å². The molecule has 0 saturated carbocycles. The van der Waals surface area contributed by atoms with E-state index in [0.717, 1.165) is 31.8 Å². The number of ether oxygens (including phenoxy) is 1. The van der Waals surface area contributed by atoms with Gasteiger partial charge in [-0.2, -0.15) is 0 Å². The molecule has 1 rings (SSSR count). The topological polar surface area (TPSA) is 29.5 Å². The number of nitrogens with zero attached hydrogens (tertiary/aromatic N) is 1. The van der Waals surface area contributed by atoms with E-state index in [9.17, 15) is 4.79 Å². The predicted octanol–water partition coefficient (Wildman–Crippen LogP) is 3.09. The van der Waals surface area contributed by atoms with Crippen LogP contribution in [0, 0.1) is 0 Å². The summed E-state index contributed by atoms with van der Waals surface area (Å²) in [4.78, 5) is 14.0. The second-order valence-electron chi connectivity index (χ2n) is 4.70. The molecule has 0 N–H and O–H groups in total. The Morgan fingerprint density at radius 3 is 2.40 bits per heavy atom. The molecular weight excluding hydrogens is 250 g/mol. The van der Waals surface area contributed by atoms with Crippen LogP contribution in [0.5, 0.6) is 5.75 Å². The molecule has 0 aliphatic heterocycles. The predicted molar refractivity (Wildman–Crippen MR) is 83.3 cm³/mol. The molecule has 3 nitrogen and oxygen atoms in total. The van der Waals surface area contributed by atoms with Gasteiger partial charge in [0.2, 0.25) is 0 Å². The first-order valence-electron chi connectivity index (χ1n) is 7.24. The van der Waals surface area contributed by atoms with Gasteiger partial charge in [0.25, 0.3) is 0 Å². The molecule has 110 valence electrons. The largest absolute Gasteiger partial charge is 0.497 e. The van der Waals surface area contributed by atoms with Gasteiger partial charge in [0.05, 0.1) is 7.11 Å². The molecule has 0 heterocycles. The first-order valence-corrected chi connectivity index (χ1v) is 7.24. The van der Waals surface area contributed by atoms with Gasteiger partial charge in [0, 0.05) is 13.0 Å². The molecule has 0 radical (unpaired) electrons. The minimum Gasteiger partial charge on any atom is -0.497 e. The average molecular weight is 275 g/mol. The van der Waals surface area contributed by atoms with Crippen molar-refractivity contribution in [3.05, 3.63) is 42.0 Å². The molecule has 1 aromatic carbocycles. The SMILES string of the molecule is CCN(CC)CCC(=O)C=CCc1ccc(OC)cc1. The molecule has 0 saturated heterocycles. The van der Waals surface area contributed by atoms with Crippen molar-refractivity contribution in [1.82, 2.24) is 4.90 Å². The Morgan fingerprint density at radius 1 is 1.20 bits per heavy atom. The van der Waals surface area contributed by atoms with Crippen LogP contribution in [0.4, 0.5) is 0 Å². The van der Waals surface area contributed by atoms with Gasteiger partial charge in [0.1, 0.15) is 5.75 Å². The van der Waals surface area contributed by atoms with Crippen LogP contribution in [0.2, 0.25) is 0 Å². The first-order chi connectivity index (χ1) is 9.69. The maximum Gasteiger partial charge on any atom is 0.156 e. The highest BCUT2D eigenvalue weighted by Gasteiger charge is 2.02. The third-order valence-electron chi connectivity index (χ3n) is 3.39. The lowest BCUT2D eigenvalue weighted by Crippen LogP contribution is -2.25. The summed E-state index contributed by atoms with van der Waals surface area (Å²) >= 11 is 0. The van der Waals surface area contributed by atoms with Gasteiger partial charge in [-0.3, -0.25) is 4.79 Å². The van der Waals surface area contributed by atoms with Crippen molar-refractivity contribution >= 4 is 5.78 Å². The Morgan fingerprint density at radius 2 is 1.85 bits per heavy atom. The number of ketones is 1. The molecule has 0 amide bonds. The van der Waals surface area contributed by atoms with Crippen molar-refractivity contribution < 1.29 is 9.53 Å². The number of allylic oxidation sites excluding steroid dienone is 2. The standard InChI is InChI=1S/C17H25NO2/c1-4-18(5-2)14-13-16(19)8-6-7-15-9-11-17(20-3)12-10-15/h6,8-12H,4-5,7,13-14H2,1-3H3. The van der Waals surface area contributed by atoms with E-state index in [2.05, 4.69) is 18.7 Å². The van der Waals surface area contributed by atoms with E-state index < -0.39 is 0 Å². The molecule has 20 heavy (non-hydrogen) atoms. The highest BCUT2D eigenvalue weighted by molar-refractivity contribution is 5.89. The van der Waals surface area contributed by atoms with Crippen LogP contribution in [0.1, 0.15) is 25.8 Å². The first kappa shape index (κ1) is 16.4. The van der Waals surface area contributed by atoms with Gasteiger partial charge < -0.3 is 9.64 Å². The molecule has 0 aliphatic carbocycles. The molecule has 0 aromatic heterocycles. The summed E-state index contributed by atoms with van der Waals surface area (Å²) in [5.74, 6) is 1.05. The number of rotatable bonds is 9. The Balaban J connectivity index is 2.34. The lowest BCUT2D eigenvalue weighted by atomic mass is 10.1. The summed E-state index contributed by atoms with van der Waals surface area (Å²) in [6.07, 6.45) is 5.02. The highest BCUT2D eigenvalue weighted by Crippen LogP contribution is 2.11. The van der Waals surface area contributed by atoms with E-state index in [4.69, 9.17) is 4.74 Å². The molecule has 0 unspecified atom stereocenters. The summed E-state index contributed by atoms with van der Waals surface area (Å²) < 4.78 is 5.11. The number of hydrogen-bond donors (Lipinski definition) is 0. The van der Waals surface area contributed by atoms with Crippen molar-refractivity contribution in [1.29, 1.82) is 0 Å². The van der Waals surface area contributed by atoms with Crippen LogP contribution in [0.3, 0.4) is 0 Å². The summed E-state index contributed by atoms with van der Waals surface area (Å²) in [7, 11) is 1.66. The zero-order chi connectivity index (χ0) is 14.8. The van der Waals surface area contributed by atoms with E-state index in [1.807, 2.05) is 30.3 Å². The van der Waals surface area contributed by atoms with Crippen LogP contribution in [0.15, 0.2) is 36.4 Å². The van der Waals surface area contributed by atoms with E-state index >= 15 is 0 Å². The second kappa shape index (κ2) is 9.32. The third-order valence-corrected chi connectivity index (χ3v) is 3.39. The van der Waals surface area contributed by atoms with Gasteiger partial charge in [-0.15, -0.1) is 0 Å². The monoisotopic (exact) mass is 275 g/mol. The van der Waals surface area contributed by atoms with Crippen LogP contribution >= 0.6 is 0 Å². The van der Waals surface area contributed by atoms with Gasteiger partial charge in [-0.25, -0.2) is 0 Å². The molecular formula is C17H25NO2. The average Bonchev–Trinajstić information content (AvgIpc) is 2.49. The van der Waals surface area contributed by atoms with Crippen LogP contribution in [-0.2, 0) is 11.2 Å². The van der Waals surface area contributed by atoms with Crippen molar-refractivity contribution in [2.75, 3.05) is 26.7 Å². The number of methoxy groups -OCH3 is 1. The Labute approximate surface area is 122 Å². The molecule has 0 bridgehead atoms. The summed E-state index contributed by atoms with van der Waals surface area (Å²) in [6.45, 7) is 7.08. The second-order valence-corrected chi connectivity index (χ2v) is 4.70. The van der Waals surface area contributed by atoms with Gasteiger partial charge in [-0.1, -0.05) is 32.1 Å². The minimum atomic E-state index is 0.199. The molecule has 0 atom stereocenters. The fraction of sp³-hybridized carbons (Fsp3) is 0.471. The van der Waals surface area contributed by atoms with E-state index in [-0.39, 0.29) is 5.78 Å². The molecule has 0 spiro atoms. The van der Waals surface area contributed by atoms with Crippen molar-refractivity contribution in [3.63, 3.8) is 0 Å². The fourth-order valence-electron chi connectivity index (χ4n) is 1.98. The number of hydrogen-bond acceptors (Lipinski definition) is 3. The molecule has 0 fully saturated rings. The zero-order valence-electron chi connectivity index (χ0n) is 12.8. The van der Waals surface area contributed by atoms with Crippen molar-refractivity contribution in [2.24, 2.45) is 0 Å². The summed E-state index contributed by atoms with van der Waals surface area (Å²) in [5.41, 5.74) is 1.18. The zero-order valence-corrected chi connectivity index (χ0v) is 12.8. The number of carbonyl (C=O) groups is 1. The van der Waals surface area contributed by atoms with E-state index in [0.29, 0.717) is 6.42 Å². The normalized spacial score (nSPS) is 11.2. The lowest BCUT2D eigenvalue weighted by molar-refractivity contribution is -0.114. The van der Waals surface area contributed by atoms with Crippen LogP contribution in [-0.4, -0.2) is 37.4 Å². The third kappa shape index (κ3) is 6.02. The van der Waals surface area contributed by atoms with Crippen LogP contribution in [0.25, 0.3) is 0 Å². The summed E-state index contributed by atoms with van der Waals surface area (Å²) in [6, 6.07) is 7.91. The Kier molecular flexibility index (Phi) is 7.66. The number of benzene rings is 1. The van der Waals surface area contributed by atoms with Gasteiger partial charge in [0.15, 0.2) is 5.78 Å². The number of carbonyl (C=O) groups excluding carboxylic acids is 1. The molecule has 0 aliphatic rings. The van der Waals surface area contributed by atoms with E-state index in [1.165, 1.54) is 5.56 Å². The highest BCUT2D eigenvalue weighted by atomic mass is 16.5. The smallest absolute Gasteiger partial charge is 0.156 e. The van der Waals surface area contributed by atoms with E-state index in [1.54, 1.807) is 13.2 Å². The lowest BCUT2D eigenvalue weighted by Gasteiger charge is -2.16. The van der Waals surface area contributed by atoms with Gasteiger partial charge in [-0.05, 0) is 43.3 Å². The van der Waals surface area contributed by atoms with Crippen molar-refractivity contribution in [2.45, 2.75) is 26.7 Å². The van der Waals surface area contributed by atoms with Gasteiger partial charge >= 0.3 is 0 Å². The molecule has 1 aromatic rings. The quantitative estimate of drug-likeness (QED) is 0.649. The molecule has 3 heteroatoms.